The Morgan fingerprint density at radius 3 is 2.67 bits per heavy atom. The summed E-state index contributed by atoms with van der Waals surface area (Å²) >= 11 is 0. The Balaban J connectivity index is 1.55. The van der Waals surface area contributed by atoms with Crippen LogP contribution in [-0.4, -0.2) is 55.3 Å². The van der Waals surface area contributed by atoms with Gasteiger partial charge in [-0.2, -0.15) is 0 Å². The number of likely N-dealkylation sites (tertiary alicyclic amines) is 1. The molecule has 3 N–H and O–H groups in total. The van der Waals surface area contributed by atoms with Crippen LogP contribution < -0.4 is 15.4 Å². The number of aliphatic imine (C=N–C) groups is 1. The molecule has 6 heteroatoms. The van der Waals surface area contributed by atoms with Crippen molar-refractivity contribution in [2.45, 2.75) is 38.5 Å². The van der Waals surface area contributed by atoms with E-state index in [1.54, 1.807) is 7.11 Å². The van der Waals surface area contributed by atoms with Gasteiger partial charge in [-0.25, -0.2) is 0 Å². The van der Waals surface area contributed by atoms with Gasteiger partial charge in [0.05, 0.1) is 19.8 Å². The van der Waals surface area contributed by atoms with E-state index >= 15 is 0 Å². The Bertz CT molecular complexity index is 780. The molecule has 2 aromatic rings. The van der Waals surface area contributed by atoms with Crippen LogP contribution >= 0.6 is 0 Å². The standard InChI is InChI=1S/C24H34N4O2/c1-3-25-24(26-16-23(29)20-11-13-22(30-2)14-12-20)27-21-10-7-15-28(18-21)17-19-8-5-4-6-9-19/h4-6,8-9,11-14,21,23,29H,3,7,10,15-18H2,1-2H3,(H2,25,26,27). The fraction of sp³-hybridized carbons (Fsp3) is 0.458. The molecule has 1 saturated heterocycles. The molecule has 162 valence electrons. The lowest BCUT2D eigenvalue weighted by atomic mass is 10.0. The van der Waals surface area contributed by atoms with Crippen LogP contribution in [0.1, 0.15) is 37.0 Å². The average Bonchev–Trinajstić information content (AvgIpc) is 2.78. The number of hydrogen-bond donors (Lipinski definition) is 3. The number of piperidine rings is 1. The van der Waals surface area contributed by atoms with E-state index in [9.17, 15) is 5.11 Å². The molecule has 1 aliphatic rings. The molecule has 0 aromatic heterocycles. The number of aliphatic hydroxyl groups excluding tert-OH is 1. The van der Waals surface area contributed by atoms with E-state index < -0.39 is 6.10 Å². The predicted octanol–water partition coefficient (Wildman–Crippen LogP) is 2.95. The third-order valence-corrected chi connectivity index (χ3v) is 5.36. The molecule has 0 saturated carbocycles. The van der Waals surface area contributed by atoms with Crippen molar-refractivity contribution in [3.05, 3.63) is 65.7 Å². The zero-order valence-corrected chi connectivity index (χ0v) is 18.1. The Kier molecular flexibility index (Phi) is 8.53. The quantitative estimate of drug-likeness (QED) is 0.461. The molecule has 2 atom stereocenters. The van der Waals surface area contributed by atoms with E-state index in [-0.39, 0.29) is 0 Å². The number of nitrogens with zero attached hydrogens (tertiary/aromatic N) is 2. The highest BCUT2D eigenvalue weighted by atomic mass is 16.5. The normalized spacial score (nSPS) is 18.6. The van der Waals surface area contributed by atoms with E-state index in [0.29, 0.717) is 12.6 Å². The molecule has 0 radical (unpaired) electrons. The molecule has 0 bridgehead atoms. The summed E-state index contributed by atoms with van der Waals surface area (Å²) in [5.41, 5.74) is 2.18. The SMILES string of the molecule is CCNC(=NCC(O)c1ccc(OC)cc1)NC1CCCN(Cc2ccccc2)C1. The van der Waals surface area contributed by atoms with Gasteiger partial charge in [-0.3, -0.25) is 9.89 Å². The van der Waals surface area contributed by atoms with Gasteiger partial charge < -0.3 is 20.5 Å². The number of nitrogens with one attached hydrogen (secondary N) is 2. The van der Waals surface area contributed by atoms with Gasteiger partial charge in [-0.15, -0.1) is 0 Å². The topological polar surface area (TPSA) is 69.1 Å². The van der Waals surface area contributed by atoms with Crippen LogP contribution in [0.3, 0.4) is 0 Å². The fourth-order valence-electron chi connectivity index (χ4n) is 3.78. The summed E-state index contributed by atoms with van der Waals surface area (Å²) < 4.78 is 5.18. The van der Waals surface area contributed by atoms with Crippen LogP contribution in [0.15, 0.2) is 59.6 Å². The molecule has 1 heterocycles. The van der Waals surface area contributed by atoms with Crippen molar-refractivity contribution in [3.8, 4) is 5.75 Å². The van der Waals surface area contributed by atoms with Gasteiger partial charge in [0.25, 0.3) is 0 Å². The lowest BCUT2D eigenvalue weighted by Gasteiger charge is -2.34. The number of benzene rings is 2. The first-order chi connectivity index (χ1) is 14.7. The van der Waals surface area contributed by atoms with Crippen LogP contribution in [0, 0.1) is 0 Å². The first kappa shape index (κ1) is 22.1. The van der Waals surface area contributed by atoms with Gasteiger partial charge >= 0.3 is 0 Å². The summed E-state index contributed by atoms with van der Waals surface area (Å²) in [5, 5.41) is 17.4. The minimum atomic E-state index is -0.646. The fourth-order valence-corrected chi connectivity index (χ4v) is 3.78. The lowest BCUT2D eigenvalue weighted by Crippen LogP contribution is -2.51. The second-order valence-corrected chi connectivity index (χ2v) is 7.71. The maximum atomic E-state index is 10.5. The molecular weight excluding hydrogens is 376 g/mol. The molecule has 0 amide bonds. The monoisotopic (exact) mass is 410 g/mol. The van der Waals surface area contributed by atoms with Crippen LogP contribution in [0.5, 0.6) is 5.75 Å². The zero-order chi connectivity index (χ0) is 21.2. The molecular formula is C24H34N4O2. The first-order valence-corrected chi connectivity index (χ1v) is 10.8. The highest BCUT2D eigenvalue weighted by Gasteiger charge is 2.21. The maximum absolute atomic E-state index is 10.5. The van der Waals surface area contributed by atoms with Gasteiger partial charge in [-0.1, -0.05) is 42.5 Å². The van der Waals surface area contributed by atoms with E-state index in [0.717, 1.165) is 49.9 Å². The largest absolute Gasteiger partial charge is 0.497 e. The van der Waals surface area contributed by atoms with Crippen molar-refractivity contribution in [1.29, 1.82) is 0 Å². The zero-order valence-electron chi connectivity index (χ0n) is 18.1. The molecule has 1 fully saturated rings. The van der Waals surface area contributed by atoms with E-state index in [2.05, 4.69) is 57.8 Å². The Labute approximate surface area is 180 Å². The number of ether oxygens (including phenoxy) is 1. The predicted molar refractivity (Wildman–Crippen MR) is 122 cm³/mol. The highest BCUT2D eigenvalue weighted by molar-refractivity contribution is 5.80. The van der Waals surface area contributed by atoms with E-state index in [1.165, 1.54) is 12.0 Å². The van der Waals surface area contributed by atoms with Gasteiger partial charge in [0, 0.05) is 25.7 Å². The van der Waals surface area contributed by atoms with Crippen molar-refractivity contribution in [3.63, 3.8) is 0 Å². The van der Waals surface area contributed by atoms with Crippen molar-refractivity contribution in [1.82, 2.24) is 15.5 Å². The first-order valence-electron chi connectivity index (χ1n) is 10.8. The summed E-state index contributed by atoms with van der Waals surface area (Å²) in [6, 6.07) is 18.4. The Morgan fingerprint density at radius 2 is 1.97 bits per heavy atom. The summed E-state index contributed by atoms with van der Waals surface area (Å²) in [4.78, 5) is 7.12. The summed E-state index contributed by atoms with van der Waals surface area (Å²) in [7, 11) is 1.64. The molecule has 2 aromatic carbocycles. The number of hydrogen-bond acceptors (Lipinski definition) is 4. The van der Waals surface area contributed by atoms with Gasteiger partial charge in [0.1, 0.15) is 5.75 Å². The minimum Gasteiger partial charge on any atom is -0.497 e. The number of methoxy groups -OCH3 is 1. The molecule has 30 heavy (non-hydrogen) atoms. The van der Waals surface area contributed by atoms with Gasteiger partial charge in [0.15, 0.2) is 5.96 Å². The highest BCUT2D eigenvalue weighted by Crippen LogP contribution is 2.18. The third-order valence-electron chi connectivity index (χ3n) is 5.36. The van der Waals surface area contributed by atoms with E-state index in [4.69, 9.17) is 4.74 Å². The summed E-state index contributed by atoms with van der Waals surface area (Å²) in [6.07, 6.45) is 1.64. The van der Waals surface area contributed by atoms with E-state index in [1.807, 2.05) is 24.3 Å². The van der Waals surface area contributed by atoms with Gasteiger partial charge in [-0.05, 0) is 49.6 Å². The minimum absolute atomic E-state index is 0.308. The second-order valence-electron chi connectivity index (χ2n) is 7.71. The lowest BCUT2D eigenvalue weighted by molar-refractivity contribution is 0.185. The summed E-state index contributed by atoms with van der Waals surface area (Å²) in [6.45, 7) is 6.23. The van der Waals surface area contributed by atoms with Crippen LogP contribution in [0.2, 0.25) is 0 Å². The van der Waals surface area contributed by atoms with Crippen molar-refractivity contribution in [2.75, 3.05) is 33.3 Å². The van der Waals surface area contributed by atoms with Gasteiger partial charge in [0.2, 0.25) is 0 Å². The van der Waals surface area contributed by atoms with Crippen LogP contribution in [0.25, 0.3) is 0 Å². The molecule has 0 aliphatic carbocycles. The third kappa shape index (κ3) is 6.75. The second kappa shape index (κ2) is 11.6. The molecule has 6 nitrogen and oxygen atoms in total. The molecule has 2 unspecified atom stereocenters. The smallest absolute Gasteiger partial charge is 0.191 e. The average molecular weight is 411 g/mol. The van der Waals surface area contributed by atoms with Crippen molar-refractivity contribution in [2.24, 2.45) is 4.99 Å². The number of rotatable bonds is 8. The van der Waals surface area contributed by atoms with Crippen LogP contribution in [-0.2, 0) is 6.54 Å². The summed E-state index contributed by atoms with van der Waals surface area (Å²) in [5.74, 6) is 1.54. The Hall–Kier alpha value is -2.57. The maximum Gasteiger partial charge on any atom is 0.191 e. The molecule has 1 aliphatic heterocycles. The molecule has 0 spiro atoms. The number of aliphatic hydroxyl groups is 1. The van der Waals surface area contributed by atoms with Crippen molar-refractivity contribution >= 4 is 5.96 Å². The Morgan fingerprint density at radius 1 is 1.20 bits per heavy atom. The molecule has 3 rings (SSSR count). The van der Waals surface area contributed by atoms with Crippen LogP contribution in [0.4, 0.5) is 0 Å². The van der Waals surface area contributed by atoms with Crippen molar-refractivity contribution < 1.29 is 9.84 Å². The number of guanidine groups is 1.